The lowest BCUT2D eigenvalue weighted by atomic mass is 10.1. The molecule has 1 rings (SSSR count). The van der Waals surface area contributed by atoms with Crippen LogP contribution >= 0.6 is 12.2 Å². The lowest BCUT2D eigenvalue weighted by Gasteiger charge is -2.17. The van der Waals surface area contributed by atoms with Crippen LogP contribution in [0.3, 0.4) is 0 Å². The van der Waals surface area contributed by atoms with Crippen molar-refractivity contribution in [1.29, 1.82) is 0 Å². The second-order valence-electron chi connectivity index (χ2n) is 3.23. The van der Waals surface area contributed by atoms with Crippen molar-refractivity contribution in [3.63, 3.8) is 0 Å². The normalized spacial score (nSPS) is 18.6. The Kier molecular flexibility index (Phi) is 3.80. The van der Waals surface area contributed by atoms with E-state index in [9.17, 15) is 0 Å². The lowest BCUT2D eigenvalue weighted by Crippen LogP contribution is -2.35. The molecular weight excluding hydrogens is 156 g/mol. The third-order valence-electron chi connectivity index (χ3n) is 2.26. The van der Waals surface area contributed by atoms with E-state index in [0.29, 0.717) is 0 Å². The highest BCUT2D eigenvalue weighted by molar-refractivity contribution is 7.78. The van der Waals surface area contributed by atoms with Gasteiger partial charge in [0.1, 0.15) is 0 Å². The molecule has 64 valence electrons. The van der Waals surface area contributed by atoms with Crippen LogP contribution in [0.15, 0.2) is 0 Å². The number of nitrogens with one attached hydrogen (secondary N) is 1. The largest absolute Gasteiger partial charge is 0.308 e. The standard InChI is InChI=1S/C8H16N2S/c1-10(7-11)9-6-8-4-2-3-5-8/h7-9H,2-6H2,1H3. The Morgan fingerprint density at radius 1 is 1.55 bits per heavy atom. The van der Waals surface area contributed by atoms with E-state index in [1.807, 2.05) is 12.1 Å². The average molecular weight is 172 g/mol. The fraction of sp³-hybridized carbons (Fsp3) is 0.875. The van der Waals surface area contributed by atoms with Gasteiger partial charge in [-0.05, 0) is 18.8 Å². The minimum absolute atomic E-state index is 0.882. The molecule has 1 aliphatic rings. The van der Waals surface area contributed by atoms with Gasteiger partial charge in [-0.3, -0.25) is 0 Å². The summed E-state index contributed by atoms with van der Waals surface area (Å²) in [5.41, 5.74) is 4.88. The van der Waals surface area contributed by atoms with Crippen LogP contribution in [0.1, 0.15) is 25.7 Å². The fourth-order valence-electron chi connectivity index (χ4n) is 1.52. The average Bonchev–Trinajstić information content (AvgIpc) is 2.52. The predicted octanol–water partition coefficient (Wildman–Crippen LogP) is 1.57. The molecule has 1 fully saturated rings. The van der Waals surface area contributed by atoms with Crippen LogP contribution in [0.25, 0.3) is 0 Å². The maximum absolute atomic E-state index is 4.75. The topological polar surface area (TPSA) is 15.3 Å². The number of rotatable bonds is 4. The Bertz CT molecular complexity index is 121. The van der Waals surface area contributed by atoms with E-state index < -0.39 is 0 Å². The van der Waals surface area contributed by atoms with Crippen molar-refractivity contribution in [2.45, 2.75) is 25.7 Å². The van der Waals surface area contributed by atoms with Gasteiger partial charge in [0.15, 0.2) is 0 Å². The number of thiocarbonyl (C=S) groups is 1. The van der Waals surface area contributed by atoms with Crippen molar-refractivity contribution in [3.05, 3.63) is 0 Å². The summed E-state index contributed by atoms with van der Waals surface area (Å²) in [7, 11) is 1.95. The highest BCUT2D eigenvalue weighted by atomic mass is 32.1. The summed E-state index contributed by atoms with van der Waals surface area (Å²) in [6.45, 7) is 1.09. The van der Waals surface area contributed by atoms with Crippen molar-refractivity contribution in [2.75, 3.05) is 13.6 Å². The highest BCUT2D eigenvalue weighted by Gasteiger charge is 2.14. The first-order valence-electron chi connectivity index (χ1n) is 4.24. The zero-order valence-corrected chi connectivity index (χ0v) is 7.86. The second kappa shape index (κ2) is 4.67. The third kappa shape index (κ3) is 3.16. The number of hydrogen-bond donors (Lipinski definition) is 1. The minimum Gasteiger partial charge on any atom is -0.308 e. The Balaban J connectivity index is 2.06. The summed E-state index contributed by atoms with van der Waals surface area (Å²) in [6, 6.07) is 0. The third-order valence-corrected chi connectivity index (χ3v) is 2.58. The molecule has 0 heterocycles. The Hall–Kier alpha value is -0.150. The van der Waals surface area contributed by atoms with Crippen molar-refractivity contribution in [3.8, 4) is 0 Å². The van der Waals surface area contributed by atoms with Gasteiger partial charge in [-0.1, -0.05) is 25.1 Å². The summed E-state index contributed by atoms with van der Waals surface area (Å²) in [6.07, 6.45) is 5.60. The summed E-state index contributed by atoms with van der Waals surface area (Å²) in [5.74, 6) is 0.882. The monoisotopic (exact) mass is 172 g/mol. The molecule has 2 nitrogen and oxygen atoms in total. The molecule has 11 heavy (non-hydrogen) atoms. The summed E-state index contributed by atoms with van der Waals surface area (Å²) in [5, 5.41) is 1.85. The molecule has 1 saturated carbocycles. The molecule has 0 bridgehead atoms. The van der Waals surface area contributed by atoms with E-state index in [1.54, 1.807) is 5.49 Å². The maximum Gasteiger partial charge on any atom is 0.0784 e. The van der Waals surface area contributed by atoms with Gasteiger partial charge in [-0.2, -0.15) is 0 Å². The summed E-state index contributed by atoms with van der Waals surface area (Å²) in [4.78, 5) is 0. The van der Waals surface area contributed by atoms with E-state index in [0.717, 1.165) is 12.5 Å². The summed E-state index contributed by atoms with van der Waals surface area (Å²) >= 11 is 4.75. The van der Waals surface area contributed by atoms with Gasteiger partial charge < -0.3 is 5.01 Å². The molecule has 0 aromatic rings. The lowest BCUT2D eigenvalue weighted by molar-refractivity contribution is 0.335. The zero-order valence-electron chi connectivity index (χ0n) is 7.05. The molecule has 0 saturated heterocycles. The molecule has 0 aromatic heterocycles. The van der Waals surface area contributed by atoms with Crippen LogP contribution in [0, 0.1) is 5.92 Å². The van der Waals surface area contributed by atoms with Gasteiger partial charge in [-0.25, -0.2) is 5.43 Å². The van der Waals surface area contributed by atoms with Crippen molar-refractivity contribution in [2.24, 2.45) is 5.92 Å². The molecule has 1 N–H and O–H groups in total. The van der Waals surface area contributed by atoms with Crippen molar-refractivity contribution >= 4 is 17.7 Å². The molecule has 0 radical (unpaired) electrons. The van der Waals surface area contributed by atoms with E-state index in [2.05, 4.69) is 5.43 Å². The number of hydrogen-bond acceptors (Lipinski definition) is 2. The van der Waals surface area contributed by atoms with Crippen molar-refractivity contribution in [1.82, 2.24) is 10.4 Å². The van der Waals surface area contributed by atoms with Gasteiger partial charge >= 0.3 is 0 Å². The molecule has 1 aliphatic carbocycles. The van der Waals surface area contributed by atoms with E-state index in [-0.39, 0.29) is 0 Å². The van der Waals surface area contributed by atoms with Crippen LogP contribution in [0.4, 0.5) is 0 Å². The number of nitrogens with zero attached hydrogens (tertiary/aromatic N) is 1. The fourth-order valence-corrected chi connectivity index (χ4v) is 1.60. The van der Waals surface area contributed by atoms with Crippen LogP contribution < -0.4 is 5.43 Å². The predicted molar refractivity (Wildman–Crippen MR) is 51.4 cm³/mol. The summed E-state index contributed by atoms with van der Waals surface area (Å²) < 4.78 is 0. The molecule has 3 heteroatoms. The van der Waals surface area contributed by atoms with Gasteiger partial charge in [0.05, 0.1) is 5.49 Å². The molecular formula is C8H16N2S. The van der Waals surface area contributed by atoms with Gasteiger partial charge in [0.2, 0.25) is 0 Å². The molecule has 0 atom stereocenters. The highest BCUT2D eigenvalue weighted by Crippen LogP contribution is 2.23. The molecule has 0 spiro atoms. The van der Waals surface area contributed by atoms with Gasteiger partial charge in [-0.15, -0.1) is 0 Å². The zero-order chi connectivity index (χ0) is 8.10. The molecule has 0 amide bonds. The van der Waals surface area contributed by atoms with E-state index >= 15 is 0 Å². The first kappa shape index (κ1) is 8.94. The van der Waals surface area contributed by atoms with Gasteiger partial charge in [0.25, 0.3) is 0 Å². The Morgan fingerprint density at radius 3 is 2.73 bits per heavy atom. The first-order valence-corrected chi connectivity index (χ1v) is 4.71. The number of hydrazine groups is 1. The molecule has 0 aromatic carbocycles. The van der Waals surface area contributed by atoms with Gasteiger partial charge in [0, 0.05) is 13.6 Å². The molecule has 0 aliphatic heterocycles. The van der Waals surface area contributed by atoms with Crippen LogP contribution in [-0.2, 0) is 0 Å². The second-order valence-corrected chi connectivity index (χ2v) is 3.44. The maximum atomic E-state index is 4.75. The van der Waals surface area contributed by atoms with E-state index in [4.69, 9.17) is 12.2 Å². The van der Waals surface area contributed by atoms with Crippen LogP contribution in [-0.4, -0.2) is 24.1 Å². The van der Waals surface area contributed by atoms with Crippen LogP contribution in [0.2, 0.25) is 0 Å². The molecule has 0 unspecified atom stereocenters. The quantitative estimate of drug-likeness (QED) is 0.512. The van der Waals surface area contributed by atoms with E-state index in [1.165, 1.54) is 25.7 Å². The smallest absolute Gasteiger partial charge is 0.0784 e. The minimum atomic E-state index is 0.882. The first-order chi connectivity index (χ1) is 5.33. The Morgan fingerprint density at radius 2 is 2.18 bits per heavy atom. The Labute approximate surface area is 73.9 Å². The van der Waals surface area contributed by atoms with Crippen LogP contribution in [0.5, 0.6) is 0 Å². The van der Waals surface area contributed by atoms with Crippen molar-refractivity contribution < 1.29 is 0 Å². The SMILES string of the molecule is CN(C=S)NCC1CCCC1.